The molecule has 1 N–H and O–H groups in total. The summed E-state index contributed by atoms with van der Waals surface area (Å²) in [4.78, 5) is 0. The molecule has 0 saturated heterocycles. The summed E-state index contributed by atoms with van der Waals surface area (Å²) in [5, 5.41) is 14.7. The van der Waals surface area contributed by atoms with Gasteiger partial charge in [0.05, 0.1) is 5.69 Å². The summed E-state index contributed by atoms with van der Waals surface area (Å²) in [7, 11) is 0. The van der Waals surface area contributed by atoms with E-state index in [2.05, 4.69) is 20.7 Å². The predicted octanol–water partition coefficient (Wildman–Crippen LogP) is 1.69. The average Bonchev–Trinajstić information content (AvgIpc) is 2.58. The fraction of sp³-hybridized carbons (Fsp3) is 0.300. The fourth-order valence-corrected chi connectivity index (χ4v) is 1.33. The lowest BCUT2D eigenvalue weighted by Gasteiger charge is -2.03. The molecule has 5 nitrogen and oxygen atoms in total. The van der Waals surface area contributed by atoms with Crippen LogP contribution in [0.2, 0.25) is 0 Å². The zero-order valence-corrected chi connectivity index (χ0v) is 8.69. The van der Waals surface area contributed by atoms with Gasteiger partial charge in [0.2, 0.25) is 0 Å². The van der Waals surface area contributed by atoms with E-state index >= 15 is 0 Å². The van der Waals surface area contributed by atoms with Crippen molar-refractivity contribution in [1.29, 1.82) is 0 Å². The summed E-state index contributed by atoms with van der Waals surface area (Å²) < 4.78 is 5.06. The van der Waals surface area contributed by atoms with E-state index in [1.165, 1.54) is 0 Å². The smallest absolute Gasteiger partial charge is 0.148 e. The third-order valence-electron chi connectivity index (χ3n) is 2.20. The largest absolute Gasteiger partial charge is 0.364 e. The summed E-state index contributed by atoms with van der Waals surface area (Å²) in [6, 6.07) is 3.70. The SMILES string of the molecule is Cc1noc(C)c1CNc1cccnn1. The molecule has 0 bridgehead atoms. The molecular weight excluding hydrogens is 192 g/mol. The van der Waals surface area contributed by atoms with Gasteiger partial charge in [0.25, 0.3) is 0 Å². The van der Waals surface area contributed by atoms with Crippen LogP contribution in [0.15, 0.2) is 22.9 Å². The van der Waals surface area contributed by atoms with Gasteiger partial charge < -0.3 is 9.84 Å². The van der Waals surface area contributed by atoms with Gasteiger partial charge in [-0.25, -0.2) is 0 Å². The first kappa shape index (κ1) is 9.64. The molecule has 15 heavy (non-hydrogen) atoms. The summed E-state index contributed by atoms with van der Waals surface area (Å²) in [5.74, 6) is 1.58. The molecule has 0 atom stereocenters. The molecule has 0 aliphatic rings. The van der Waals surface area contributed by atoms with Gasteiger partial charge in [-0.2, -0.15) is 5.10 Å². The lowest BCUT2D eigenvalue weighted by atomic mass is 10.2. The van der Waals surface area contributed by atoms with Crippen LogP contribution in [0.4, 0.5) is 5.82 Å². The van der Waals surface area contributed by atoms with Crippen LogP contribution in [-0.4, -0.2) is 15.4 Å². The van der Waals surface area contributed by atoms with Crippen LogP contribution in [0.1, 0.15) is 17.0 Å². The highest BCUT2D eigenvalue weighted by Crippen LogP contribution is 2.13. The minimum absolute atomic E-state index is 0.653. The molecule has 0 aromatic carbocycles. The molecule has 2 aromatic heterocycles. The Balaban J connectivity index is 2.05. The molecule has 0 spiro atoms. The zero-order valence-electron chi connectivity index (χ0n) is 8.69. The second-order valence-electron chi connectivity index (χ2n) is 3.27. The Labute approximate surface area is 87.5 Å². The van der Waals surface area contributed by atoms with E-state index in [0.29, 0.717) is 6.54 Å². The molecule has 0 saturated carbocycles. The molecule has 0 radical (unpaired) electrons. The molecule has 5 heteroatoms. The zero-order chi connectivity index (χ0) is 10.7. The van der Waals surface area contributed by atoms with E-state index in [4.69, 9.17) is 4.52 Å². The molecule has 2 rings (SSSR count). The van der Waals surface area contributed by atoms with E-state index < -0.39 is 0 Å². The second-order valence-corrected chi connectivity index (χ2v) is 3.27. The van der Waals surface area contributed by atoms with Gasteiger partial charge in [-0.15, -0.1) is 5.10 Å². The summed E-state index contributed by atoms with van der Waals surface area (Å²) in [5.41, 5.74) is 1.98. The minimum Gasteiger partial charge on any atom is -0.364 e. The fourth-order valence-electron chi connectivity index (χ4n) is 1.33. The van der Waals surface area contributed by atoms with Gasteiger partial charge in [0.15, 0.2) is 0 Å². The number of aromatic nitrogens is 3. The van der Waals surface area contributed by atoms with E-state index in [-0.39, 0.29) is 0 Å². The number of hydrogen-bond acceptors (Lipinski definition) is 5. The number of rotatable bonds is 3. The highest BCUT2D eigenvalue weighted by molar-refractivity contribution is 5.34. The van der Waals surface area contributed by atoms with E-state index in [1.54, 1.807) is 6.20 Å². The lowest BCUT2D eigenvalue weighted by Crippen LogP contribution is -2.03. The Morgan fingerprint density at radius 2 is 2.27 bits per heavy atom. The van der Waals surface area contributed by atoms with Crippen LogP contribution < -0.4 is 5.32 Å². The van der Waals surface area contributed by atoms with Crippen LogP contribution in [0.25, 0.3) is 0 Å². The highest BCUT2D eigenvalue weighted by Gasteiger charge is 2.08. The van der Waals surface area contributed by atoms with Crippen molar-refractivity contribution >= 4 is 5.82 Å². The molecule has 0 aliphatic carbocycles. The minimum atomic E-state index is 0.653. The van der Waals surface area contributed by atoms with Crippen LogP contribution >= 0.6 is 0 Å². The number of hydrogen-bond donors (Lipinski definition) is 1. The predicted molar refractivity (Wildman–Crippen MR) is 55.3 cm³/mol. The Kier molecular flexibility index (Phi) is 2.62. The van der Waals surface area contributed by atoms with Gasteiger partial charge in [0, 0.05) is 18.3 Å². The Hall–Kier alpha value is -1.91. The quantitative estimate of drug-likeness (QED) is 0.824. The molecule has 78 valence electrons. The van der Waals surface area contributed by atoms with Crippen molar-refractivity contribution in [2.45, 2.75) is 20.4 Å². The Bertz CT molecular complexity index is 418. The number of nitrogens with zero attached hydrogens (tertiary/aromatic N) is 3. The van der Waals surface area contributed by atoms with Crippen LogP contribution in [0.3, 0.4) is 0 Å². The topological polar surface area (TPSA) is 63.8 Å². The number of nitrogens with one attached hydrogen (secondary N) is 1. The standard InChI is InChI=1S/C10H12N4O/c1-7-9(8(2)15-14-7)6-11-10-4-3-5-12-13-10/h3-5H,6H2,1-2H3,(H,11,13). The molecule has 0 unspecified atom stereocenters. The molecule has 2 aromatic rings. The first-order valence-corrected chi connectivity index (χ1v) is 4.70. The van der Waals surface area contributed by atoms with Crippen LogP contribution in [0.5, 0.6) is 0 Å². The molecule has 2 heterocycles. The third kappa shape index (κ3) is 2.12. The second kappa shape index (κ2) is 4.08. The maximum atomic E-state index is 5.06. The first-order valence-electron chi connectivity index (χ1n) is 4.70. The van der Waals surface area contributed by atoms with Crippen molar-refractivity contribution < 1.29 is 4.52 Å². The van der Waals surface area contributed by atoms with E-state index in [0.717, 1.165) is 22.8 Å². The summed E-state index contributed by atoms with van der Waals surface area (Å²) >= 11 is 0. The van der Waals surface area contributed by atoms with Crippen LogP contribution in [-0.2, 0) is 6.54 Å². The summed E-state index contributed by atoms with van der Waals surface area (Å²) in [6.45, 7) is 4.47. The third-order valence-corrected chi connectivity index (χ3v) is 2.20. The van der Waals surface area contributed by atoms with Gasteiger partial charge in [-0.3, -0.25) is 0 Å². The monoisotopic (exact) mass is 204 g/mol. The maximum absolute atomic E-state index is 5.06. The van der Waals surface area contributed by atoms with Crippen molar-refractivity contribution in [3.63, 3.8) is 0 Å². The molecule has 0 aliphatic heterocycles. The van der Waals surface area contributed by atoms with Crippen molar-refractivity contribution in [3.8, 4) is 0 Å². The first-order chi connectivity index (χ1) is 7.27. The van der Waals surface area contributed by atoms with Crippen molar-refractivity contribution in [1.82, 2.24) is 15.4 Å². The number of aryl methyl sites for hydroxylation is 2. The van der Waals surface area contributed by atoms with E-state index in [1.807, 2.05) is 26.0 Å². The van der Waals surface area contributed by atoms with Gasteiger partial charge in [0.1, 0.15) is 11.6 Å². The highest BCUT2D eigenvalue weighted by atomic mass is 16.5. The average molecular weight is 204 g/mol. The van der Waals surface area contributed by atoms with Gasteiger partial charge in [-0.05, 0) is 26.0 Å². The Morgan fingerprint density at radius 3 is 2.87 bits per heavy atom. The Morgan fingerprint density at radius 1 is 1.40 bits per heavy atom. The maximum Gasteiger partial charge on any atom is 0.148 e. The molecule has 0 fully saturated rings. The van der Waals surface area contributed by atoms with Gasteiger partial charge in [-0.1, -0.05) is 5.16 Å². The number of anilines is 1. The van der Waals surface area contributed by atoms with Crippen molar-refractivity contribution in [2.24, 2.45) is 0 Å². The van der Waals surface area contributed by atoms with E-state index in [9.17, 15) is 0 Å². The van der Waals surface area contributed by atoms with Crippen molar-refractivity contribution in [2.75, 3.05) is 5.32 Å². The normalized spacial score (nSPS) is 10.3. The van der Waals surface area contributed by atoms with Crippen LogP contribution in [0, 0.1) is 13.8 Å². The lowest BCUT2D eigenvalue weighted by molar-refractivity contribution is 0.392. The summed E-state index contributed by atoms with van der Waals surface area (Å²) in [6.07, 6.45) is 1.64. The molecular formula is C10H12N4O. The van der Waals surface area contributed by atoms with Gasteiger partial charge >= 0.3 is 0 Å². The molecule has 0 amide bonds. The van der Waals surface area contributed by atoms with Crippen molar-refractivity contribution in [3.05, 3.63) is 35.3 Å².